The van der Waals surface area contributed by atoms with Crippen LogP contribution in [0.3, 0.4) is 0 Å². The first-order chi connectivity index (χ1) is 7.07. The van der Waals surface area contributed by atoms with Gasteiger partial charge in [0.25, 0.3) is 0 Å². The minimum absolute atomic E-state index is 0.399. The Morgan fingerprint density at radius 2 is 1.93 bits per heavy atom. The standard InChI is InChI=1S/C12H24N2O/c1-4-12(2,3)10-13-6-5-7-14(11-15)9-8-13/h11H,4-10H2,1-3H3. The van der Waals surface area contributed by atoms with Crippen LogP contribution in [0.5, 0.6) is 0 Å². The van der Waals surface area contributed by atoms with E-state index in [-0.39, 0.29) is 0 Å². The van der Waals surface area contributed by atoms with Crippen LogP contribution < -0.4 is 0 Å². The van der Waals surface area contributed by atoms with Gasteiger partial charge < -0.3 is 9.80 Å². The van der Waals surface area contributed by atoms with E-state index < -0.39 is 0 Å². The van der Waals surface area contributed by atoms with Crippen molar-refractivity contribution in [1.82, 2.24) is 9.80 Å². The highest BCUT2D eigenvalue weighted by molar-refractivity contribution is 5.46. The average Bonchev–Trinajstić information content (AvgIpc) is 2.43. The number of hydrogen-bond acceptors (Lipinski definition) is 2. The Morgan fingerprint density at radius 3 is 2.53 bits per heavy atom. The number of nitrogens with zero attached hydrogens (tertiary/aromatic N) is 2. The van der Waals surface area contributed by atoms with Gasteiger partial charge in [0.15, 0.2) is 0 Å². The van der Waals surface area contributed by atoms with Crippen molar-refractivity contribution in [2.24, 2.45) is 5.41 Å². The van der Waals surface area contributed by atoms with Crippen LogP contribution in [0.15, 0.2) is 0 Å². The third kappa shape index (κ3) is 4.20. The molecule has 3 nitrogen and oxygen atoms in total. The van der Waals surface area contributed by atoms with Gasteiger partial charge in [-0.2, -0.15) is 0 Å². The second-order valence-electron chi connectivity index (χ2n) is 5.29. The molecule has 0 aromatic rings. The molecule has 3 heteroatoms. The molecule has 0 atom stereocenters. The minimum atomic E-state index is 0.399. The van der Waals surface area contributed by atoms with Crippen molar-refractivity contribution in [3.8, 4) is 0 Å². The van der Waals surface area contributed by atoms with E-state index in [1.54, 1.807) is 0 Å². The second-order valence-corrected chi connectivity index (χ2v) is 5.29. The molecule has 0 spiro atoms. The lowest BCUT2D eigenvalue weighted by Gasteiger charge is -2.31. The Morgan fingerprint density at radius 1 is 1.20 bits per heavy atom. The Bertz CT molecular complexity index is 204. The third-order valence-corrected chi connectivity index (χ3v) is 3.38. The largest absolute Gasteiger partial charge is 0.344 e. The molecular weight excluding hydrogens is 188 g/mol. The van der Waals surface area contributed by atoms with Crippen molar-refractivity contribution in [3.05, 3.63) is 0 Å². The van der Waals surface area contributed by atoms with Crippen molar-refractivity contribution in [2.45, 2.75) is 33.6 Å². The van der Waals surface area contributed by atoms with E-state index in [4.69, 9.17) is 0 Å². The molecule has 0 bridgehead atoms. The summed E-state index contributed by atoms with van der Waals surface area (Å²) in [6.45, 7) is 12.0. The van der Waals surface area contributed by atoms with Crippen molar-refractivity contribution in [2.75, 3.05) is 32.7 Å². The van der Waals surface area contributed by atoms with Crippen LogP contribution in [-0.4, -0.2) is 48.9 Å². The molecule has 1 fully saturated rings. The average molecular weight is 212 g/mol. The first-order valence-electron chi connectivity index (χ1n) is 5.99. The number of amides is 1. The fourth-order valence-electron chi connectivity index (χ4n) is 1.97. The highest BCUT2D eigenvalue weighted by atomic mass is 16.1. The SMILES string of the molecule is CCC(C)(C)CN1CCCN(C=O)CC1. The lowest BCUT2D eigenvalue weighted by atomic mass is 9.89. The molecule has 0 aromatic carbocycles. The van der Waals surface area contributed by atoms with Gasteiger partial charge in [0.1, 0.15) is 0 Å². The van der Waals surface area contributed by atoms with E-state index in [9.17, 15) is 4.79 Å². The first-order valence-corrected chi connectivity index (χ1v) is 5.99. The number of rotatable bonds is 4. The van der Waals surface area contributed by atoms with Crippen LogP contribution >= 0.6 is 0 Å². The van der Waals surface area contributed by atoms with Gasteiger partial charge in [-0.05, 0) is 24.8 Å². The molecule has 0 N–H and O–H groups in total. The monoisotopic (exact) mass is 212 g/mol. The van der Waals surface area contributed by atoms with Crippen LogP contribution in [0.25, 0.3) is 0 Å². The quantitative estimate of drug-likeness (QED) is 0.661. The summed E-state index contributed by atoms with van der Waals surface area (Å²) < 4.78 is 0. The maximum absolute atomic E-state index is 10.7. The van der Waals surface area contributed by atoms with E-state index in [1.807, 2.05) is 4.90 Å². The van der Waals surface area contributed by atoms with Gasteiger partial charge in [-0.1, -0.05) is 20.8 Å². The predicted octanol–water partition coefficient (Wildman–Crippen LogP) is 1.59. The molecule has 0 saturated carbocycles. The van der Waals surface area contributed by atoms with Crippen molar-refractivity contribution < 1.29 is 4.79 Å². The predicted molar refractivity (Wildman–Crippen MR) is 62.8 cm³/mol. The molecule has 1 saturated heterocycles. The first kappa shape index (κ1) is 12.5. The summed E-state index contributed by atoms with van der Waals surface area (Å²) >= 11 is 0. The summed E-state index contributed by atoms with van der Waals surface area (Å²) in [5, 5.41) is 0. The molecule has 0 aliphatic carbocycles. The number of carbonyl (C=O) groups excluding carboxylic acids is 1. The summed E-state index contributed by atoms with van der Waals surface area (Å²) in [5.41, 5.74) is 0.399. The van der Waals surface area contributed by atoms with Gasteiger partial charge in [-0.25, -0.2) is 0 Å². The Kier molecular flexibility index (Phi) is 4.58. The van der Waals surface area contributed by atoms with E-state index in [2.05, 4.69) is 25.7 Å². The van der Waals surface area contributed by atoms with Crippen LogP contribution in [-0.2, 0) is 4.79 Å². The second kappa shape index (κ2) is 5.50. The third-order valence-electron chi connectivity index (χ3n) is 3.38. The molecule has 15 heavy (non-hydrogen) atoms. The molecule has 1 amide bonds. The van der Waals surface area contributed by atoms with Gasteiger partial charge in [-0.3, -0.25) is 4.79 Å². The van der Waals surface area contributed by atoms with E-state index in [0.29, 0.717) is 5.41 Å². The van der Waals surface area contributed by atoms with Crippen molar-refractivity contribution >= 4 is 6.41 Å². The Labute approximate surface area is 93.4 Å². The van der Waals surface area contributed by atoms with Crippen LogP contribution in [0.2, 0.25) is 0 Å². The molecule has 1 aliphatic rings. The minimum Gasteiger partial charge on any atom is -0.344 e. The lowest BCUT2D eigenvalue weighted by molar-refractivity contribution is -0.118. The van der Waals surface area contributed by atoms with Gasteiger partial charge >= 0.3 is 0 Å². The molecular formula is C12H24N2O. The molecule has 1 aliphatic heterocycles. The number of carbonyl (C=O) groups is 1. The van der Waals surface area contributed by atoms with Crippen LogP contribution in [0.1, 0.15) is 33.6 Å². The summed E-state index contributed by atoms with van der Waals surface area (Å²) in [5.74, 6) is 0. The molecule has 0 aromatic heterocycles. The molecule has 1 heterocycles. The summed E-state index contributed by atoms with van der Waals surface area (Å²) in [4.78, 5) is 15.0. The van der Waals surface area contributed by atoms with Crippen LogP contribution in [0.4, 0.5) is 0 Å². The zero-order valence-corrected chi connectivity index (χ0v) is 10.3. The topological polar surface area (TPSA) is 23.6 Å². The van der Waals surface area contributed by atoms with Crippen molar-refractivity contribution in [1.29, 1.82) is 0 Å². The van der Waals surface area contributed by atoms with E-state index >= 15 is 0 Å². The molecule has 1 rings (SSSR count). The van der Waals surface area contributed by atoms with Gasteiger partial charge in [0.05, 0.1) is 0 Å². The van der Waals surface area contributed by atoms with Crippen LogP contribution in [0, 0.1) is 5.41 Å². The molecule has 88 valence electrons. The Balaban J connectivity index is 2.40. The van der Waals surface area contributed by atoms with E-state index in [0.717, 1.165) is 45.6 Å². The number of hydrogen-bond donors (Lipinski definition) is 0. The van der Waals surface area contributed by atoms with Gasteiger partial charge in [-0.15, -0.1) is 0 Å². The van der Waals surface area contributed by atoms with Crippen molar-refractivity contribution in [3.63, 3.8) is 0 Å². The maximum atomic E-state index is 10.7. The fraction of sp³-hybridized carbons (Fsp3) is 0.917. The van der Waals surface area contributed by atoms with Gasteiger partial charge in [0, 0.05) is 26.2 Å². The van der Waals surface area contributed by atoms with E-state index in [1.165, 1.54) is 6.42 Å². The maximum Gasteiger partial charge on any atom is 0.209 e. The summed E-state index contributed by atoms with van der Waals surface area (Å²) in [7, 11) is 0. The Hall–Kier alpha value is -0.570. The normalized spacial score (nSPS) is 20.1. The summed E-state index contributed by atoms with van der Waals surface area (Å²) in [6, 6.07) is 0. The highest BCUT2D eigenvalue weighted by Crippen LogP contribution is 2.21. The molecule has 0 unspecified atom stereocenters. The highest BCUT2D eigenvalue weighted by Gasteiger charge is 2.21. The zero-order valence-electron chi connectivity index (χ0n) is 10.3. The molecule has 0 radical (unpaired) electrons. The smallest absolute Gasteiger partial charge is 0.209 e. The lowest BCUT2D eigenvalue weighted by Crippen LogP contribution is -2.36. The summed E-state index contributed by atoms with van der Waals surface area (Å²) in [6.07, 6.45) is 3.30. The zero-order chi connectivity index (χ0) is 11.3. The van der Waals surface area contributed by atoms with Gasteiger partial charge in [0.2, 0.25) is 6.41 Å². The fourth-order valence-corrected chi connectivity index (χ4v) is 1.97.